The first-order valence-electron chi connectivity index (χ1n) is 7.55. The number of nitrogens with one attached hydrogen (secondary N) is 1. The summed E-state index contributed by atoms with van der Waals surface area (Å²) in [7, 11) is -3.23. The topological polar surface area (TPSA) is 76.1 Å². The second-order valence-electron chi connectivity index (χ2n) is 5.38. The molecule has 1 heterocycles. The highest BCUT2D eigenvalue weighted by Crippen LogP contribution is 2.30. The molecule has 1 amide bonds. The average molecular weight is 395 g/mol. The summed E-state index contributed by atoms with van der Waals surface area (Å²) in [6, 6.07) is 11.8. The maximum Gasteiger partial charge on any atom is 0.230 e. The Bertz CT molecular complexity index is 1030. The van der Waals surface area contributed by atoms with Gasteiger partial charge in [0.05, 0.1) is 26.8 Å². The third kappa shape index (κ3) is 4.00. The van der Waals surface area contributed by atoms with E-state index < -0.39 is 9.84 Å². The van der Waals surface area contributed by atoms with E-state index in [1.165, 1.54) is 23.5 Å². The fourth-order valence-electron chi connectivity index (χ4n) is 2.30. The standard InChI is InChI=1S/C17H15ClN2O3S2/c1-2-25(22,23)12-8-6-11(7-9-12)10-15(21)19-17-20-16-13(18)4-3-5-14(16)24-17/h3-9H,2,10H2,1H3,(H,19,20,21). The van der Waals surface area contributed by atoms with Crippen molar-refractivity contribution in [3.63, 3.8) is 0 Å². The van der Waals surface area contributed by atoms with E-state index in [1.807, 2.05) is 12.1 Å². The number of nitrogens with zero attached hydrogens (tertiary/aromatic N) is 1. The Morgan fingerprint density at radius 2 is 1.92 bits per heavy atom. The highest BCUT2D eigenvalue weighted by atomic mass is 35.5. The van der Waals surface area contributed by atoms with Gasteiger partial charge in [-0.15, -0.1) is 0 Å². The maximum atomic E-state index is 12.2. The monoisotopic (exact) mass is 394 g/mol. The predicted octanol–water partition coefficient (Wildman–Crippen LogP) is 3.92. The van der Waals surface area contributed by atoms with Crippen molar-refractivity contribution >= 4 is 54.0 Å². The van der Waals surface area contributed by atoms with Gasteiger partial charge in [-0.05, 0) is 29.8 Å². The van der Waals surface area contributed by atoms with Gasteiger partial charge in [-0.3, -0.25) is 4.79 Å². The summed E-state index contributed by atoms with van der Waals surface area (Å²) >= 11 is 7.43. The van der Waals surface area contributed by atoms with Crippen molar-refractivity contribution in [2.45, 2.75) is 18.2 Å². The second kappa shape index (κ2) is 7.11. The van der Waals surface area contributed by atoms with E-state index in [9.17, 15) is 13.2 Å². The van der Waals surface area contributed by atoms with Gasteiger partial charge in [0.1, 0.15) is 5.52 Å². The van der Waals surface area contributed by atoms with Crippen LogP contribution in [-0.2, 0) is 21.1 Å². The zero-order valence-corrected chi connectivity index (χ0v) is 15.7. The first-order valence-corrected chi connectivity index (χ1v) is 10.4. The largest absolute Gasteiger partial charge is 0.302 e. The zero-order chi connectivity index (χ0) is 18.0. The number of fused-ring (bicyclic) bond motifs is 1. The number of carbonyl (C=O) groups excluding carboxylic acids is 1. The molecular weight excluding hydrogens is 380 g/mol. The van der Waals surface area contributed by atoms with Gasteiger partial charge in [0.15, 0.2) is 15.0 Å². The van der Waals surface area contributed by atoms with Gasteiger partial charge in [0.25, 0.3) is 0 Å². The molecule has 0 aliphatic rings. The van der Waals surface area contributed by atoms with E-state index in [1.54, 1.807) is 25.1 Å². The number of aromatic nitrogens is 1. The Kier molecular flexibility index (Phi) is 5.08. The summed E-state index contributed by atoms with van der Waals surface area (Å²) in [5, 5.41) is 3.78. The number of anilines is 1. The summed E-state index contributed by atoms with van der Waals surface area (Å²) in [4.78, 5) is 16.8. The smallest absolute Gasteiger partial charge is 0.230 e. The molecule has 0 aliphatic heterocycles. The minimum atomic E-state index is -3.23. The van der Waals surface area contributed by atoms with Crippen molar-refractivity contribution in [2.75, 3.05) is 11.1 Å². The zero-order valence-electron chi connectivity index (χ0n) is 13.3. The number of thiazole rings is 1. The van der Waals surface area contributed by atoms with E-state index in [0.717, 1.165) is 10.3 Å². The molecule has 2 aromatic carbocycles. The van der Waals surface area contributed by atoms with Crippen molar-refractivity contribution in [1.82, 2.24) is 4.98 Å². The number of hydrogen-bond acceptors (Lipinski definition) is 5. The third-order valence-electron chi connectivity index (χ3n) is 3.64. The Hall–Kier alpha value is -1.96. The molecule has 0 radical (unpaired) electrons. The highest BCUT2D eigenvalue weighted by Gasteiger charge is 2.13. The fraction of sp³-hybridized carbons (Fsp3) is 0.176. The van der Waals surface area contributed by atoms with Gasteiger partial charge < -0.3 is 5.32 Å². The van der Waals surface area contributed by atoms with Crippen LogP contribution >= 0.6 is 22.9 Å². The lowest BCUT2D eigenvalue weighted by Crippen LogP contribution is -2.14. The van der Waals surface area contributed by atoms with Crippen LogP contribution in [-0.4, -0.2) is 25.1 Å². The summed E-state index contributed by atoms with van der Waals surface area (Å²) in [5.74, 6) is -0.172. The van der Waals surface area contributed by atoms with Gasteiger partial charge in [0.2, 0.25) is 5.91 Å². The van der Waals surface area contributed by atoms with Crippen LogP contribution in [0.15, 0.2) is 47.4 Å². The Morgan fingerprint density at radius 1 is 1.20 bits per heavy atom. The highest BCUT2D eigenvalue weighted by molar-refractivity contribution is 7.91. The summed E-state index contributed by atoms with van der Waals surface area (Å²) in [5.41, 5.74) is 1.39. The van der Waals surface area contributed by atoms with Gasteiger partial charge in [-0.1, -0.05) is 48.1 Å². The predicted molar refractivity (Wildman–Crippen MR) is 101 cm³/mol. The van der Waals surface area contributed by atoms with Crippen molar-refractivity contribution in [2.24, 2.45) is 0 Å². The molecule has 3 rings (SSSR count). The molecule has 0 aliphatic carbocycles. The molecule has 25 heavy (non-hydrogen) atoms. The molecule has 0 fully saturated rings. The number of benzene rings is 2. The Balaban J connectivity index is 1.70. The summed E-state index contributed by atoms with van der Waals surface area (Å²) in [6.45, 7) is 1.60. The first kappa shape index (κ1) is 17.8. The third-order valence-corrected chi connectivity index (χ3v) is 6.63. The van der Waals surface area contributed by atoms with Crippen molar-refractivity contribution in [3.05, 3.63) is 53.1 Å². The van der Waals surface area contributed by atoms with Gasteiger partial charge in [-0.25, -0.2) is 13.4 Å². The molecule has 3 aromatic rings. The second-order valence-corrected chi connectivity index (χ2v) is 9.09. The Morgan fingerprint density at radius 3 is 2.56 bits per heavy atom. The van der Waals surface area contributed by atoms with Crippen LogP contribution in [0, 0.1) is 0 Å². The number of hydrogen-bond donors (Lipinski definition) is 1. The van der Waals surface area contributed by atoms with E-state index in [4.69, 9.17) is 11.6 Å². The minimum absolute atomic E-state index is 0.0486. The molecule has 0 spiro atoms. The van der Waals surface area contributed by atoms with Crippen molar-refractivity contribution < 1.29 is 13.2 Å². The molecule has 0 bridgehead atoms. The molecule has 1 N–H and O–H groups in total. The number of halogens is 1. The van der Waals surface area contributed by atoms with Gasteiger partial charge in [0, 0.05) is 0 Å². The normalized spacial score (nSPS) is 11.6. The SMILES string of the molecule is CCS(=O)(=O)c1ccc(CC(=O)Nc2nc3c(Cl)cccc3s2)cc1. The van der Waals surface area contributed by atoms with E-state index in [0.29, 0.717) is 15.7 Å². The summed E-state index contributed by atoms with van der Waals surface area (Å²) in [6.07, 6.45) is 0.135. The number of rotatable bonds is 5. The average Bonchev–Trinajstić information content (AvgIpc) is 2.99. The maximum absolute atomic E-state index is 12.2. The number of para-hydroxylation sites is 1. The van der Waals surface area contributed by atoms with Crippen molar-refractivity contribution in [3.8, 4) is 0 Å². The molecule has 0 saturated heterocycles. The fourth-order valence-corrected chi connectivity index (χ4v) is 4.36. The molecular formula is C17H15ClN2O3S2. The van der Waals surface area contributed by atoms with Crippen LogP contribution in [0.25, 0.3) is 10.2 Å². The van der Waals surface area contributed by atoms with Crippen LogP contribution < -0.4 is 5.32 Å². The van der Waals surface area contributed by atoms with Crippen LogP contribution in [0.2, 0.25) is 5.02 Å². The lowest BCUT2D eigenvalue weighted by Gasteiger charge is -2.04. The molecule has 5 nitrogen and oxygen atoms in total. The van der Waals surface area contributed by atoms with Crippen LogP contribution in [0.4, 0.5) is 5.13 Å². The van der Waals surface area contributed by atoms with Gasteiger partial charge >= 0.3 is 0 Å². The number of sulfone groups is 1. The quantitative estimate of drug-likeness (QED) is 0.711. The minimum Gasteiger partial charge on any atom is -0.302 e. The van der Waals surface area contributed by atoms with Crippen molar-refractivity contribution in [1.29, 1.82) is 0 Å². The van der Waals surface area contributed by atoms with Crippen LogP contribution in [0.3, 0.4) is 0 Å². The van der Waals surface area contributed by atoms with E-state index in [-0.39, 0.29) is 23.0 Å². The molecule has 1 aromatic heterocycles. The van der Waals surface area contributed by atoms with Crippen LogP contribution in [0.5, 0.6) is 0 Å². The van der Waals surface area contributed by atoms with Crippen LogP contribution in [0.1, 0.15) is 12.5 Å². The number of carbonyl (C=O) groups is 1. The van der Waals surface area contributed by atoms with E-state index in [2.05, 4.69) is 10.3 Å². The number of amides is 1. The summed E-state index contributed by atoms with van der Waals surface area (Å²) < 4.78 is 24.5. The lowest BCUT2D eigenvalue weighted by molar-refractivity contribution is -0.115. The molecule has 0 saturated carbocycles. The molecule has 0 unspecified atom stereocenters. The molecule has 0 atom stereocenters. The first-order chi connectivity index (χ1) is 11.9. The van der Waals surface area contributed by atoms with E-state index >= 15 is 0 Å². The van der Waals surface area contributed by atoms with Gasteiger partial charge in [-0.2, -0.15) is 0 Å². The lowest BCUT2D eigenvalue weighted by atomic mass is 10.1. The molecule has 130 valence electrons. The molecule has 8 heteroatoms. The Labute approximate surface area is 154 Å².